The number of carbonyl (C=O) groups excluding carboxylic acids is 1. The van der Waals surface area contributed by atoms with Crippen molar-refractivity contribution < 1.29 is 14.7 Å². The van der Waals surface area contributed by atoms with Gasteiger partial charge in [0.2, 0.25) is 5.91 Å². The van der Waals surface area contributed by atoms with Crippen LogP contribution in [0.4, 0.5) is 5.69 Å². The second-order valence-corrected chi connectivity index (χ2v) is 3.86. The van der Waals surface area contributed by atoms with Gasteiger partial charge in [0.05, 0.1) is 0 Å². The second kappa shape index (κ2) is 4.35. The van der Waals surface area contributed by atoms with E-state index in [1.165, 1.54) is 0 Å². The number of aliphatic carboxylic acids is 1. The molecule has 1 saturated heterocycles. The molecule has 4 heteroatoms. The van der Waals surface area contributed by atoms with Crippen molar-refractivity contribution >= 4 is 17.6 Å². The molecule has 4 nitrogen and oxygen atoms in total. The summed E-state index contributed by atoms with van der Waals surface area (Å²) in [6.07, 6.45) is 1.18. The molecule has 0 unspecified atom stereocenters. The summed E-state index contributed by atoms with van der Waals surface area (Å²) in [5.74, 6) is -2.20. The minimum Gasteiger partial charge on any atom is -0.481 e. The minimum absolute atomic E-state index is 0.301. The van der Waals surface area contributed by atoms with E-state index in [9.17, 15) is 9.59 Å². The fourth-order valence-electron chi connectivity index (χ4n) is 1.97. The van der Waals surface area contributed by atoms with Gasteiger partial charge < -0.3 is 10.0 Å². The molecule has 84 valence electrons. The normalized spacial score (nSPS) is 20.9. The highest BCUT2D eigenvalue weighted by Gasteiger charge is 2.34. The van der Waals surface area contributed by atoms with Crippen LogP contribution in [0.5, 0.6) is 0 Å². The van der Waals surface area contributed by atoms with E-state index < -0.39 is 11.9 Å². The number of hydrogen-bond acceptors (Lipinski definition) is 2. The maximum atomic E-state index is 11.9. The van der Waals surface area contributed by atoms with E-state index in [4.69, 9.17) is 5.11 Å². The van der Waals surface area contributed by atoms with Crippen molar-refractivity contribution in [2.45, 2.75) is 12.8 Å². The first-order valence-corrected chi connectivity index (χ1v) is 5.29. The summed E-state index contributed by atoms with van der Waals surface area (Å²) in [6, 6.07) is 9.19. The van der Waals surface area contributed by atoms with Gasteiger partial charge in [-0.2, -0.15) is 0 Å². The van der Waals surface area contributed by atoms with Gasteiger partial charge in [0.15, 0.2) is 0 Å². The Morgan fingerprint density at radius 2 is 2.00 bits per heavy atom. The fraction of sp³-hybridized carbons (Fsp3) is 0.333. The standard InChI is InChI=1S/C12H13NO3/c14-11-10(12(15)16)7-4-8-13(11)9-5-2-1-3-6-9/h1-3,5-6,10H,4,7-8H2,(H,15,16)/t10-/m1/s1. The first kappa shape index (κ1) is 10.7. The molecule has 1 fully saturated rings. The molecule has 0 spiro atoms. The van der Waals surface area contributed by atoms with Crippen molar-refractivity contribution in [1.82, 2.24) is 0 Å². The Hall–Kier alpha value is -1.84. The summed E-state index contributed by atoms with van der Waals surface area (Å²) in [5, 5.41) is 8.93. The number of nitrogens with zero attached hydrogens (tertiary/aromatic N) is 1. The number of anilines is 1. The molecule has 0 radical (unpaired) electrons. The van der Waals surface area contributed by atoms with Crippen LogP contribution < -0.4 is 4.90 Å². The van der Waals surface area contributed by atoms with E-state index in [2.05, 4.69) is 0 Å². The van der Waals surface area contributed by atoms with Gasteiger partial charge in [0, 0.05) is 12.2 Å². The number of rotatable bonds is 2. The molecule has 1 N–H and O–H groups in total. The quantitative estimate of drug-likeness (QED) is 0.767. The van der Waals surface area contributed by atoms with Crippen molar-refractivity contribution in [2.75, 3.05) is 11.4 Å². The van der Waals surface area contributed by atoms with Crippen molar-refractivity contribution in [3.8, 4) is 0 Å². The van der Waals surface area contributed by atoms with Gasteiger partial charge in [0.25, 0.3) is 0 Å². The van der Waals surface area contributed by atoms with Gasteiger partial charge in [-0.1, -0.05) is 18.2 Å². The first-order valence-electron chi connectivity index (χ1n) is 5.29. The molecule has 2 rings (SSSR count). The number of carboxylic acid groups (broad SMARTS) is 1. The van der Waals surface area contributed by atoms with Gasteiger partial charge in [-0.25, -0.2) is 0 Å². The minimum atomic E-state index is -1.02. The molecular formula is C12H13NO3. The van der Waals surface area contributed by atoms with Crippen molar-refractivity contribution in [3.63, 3.8) is 0 Å². The zero-order chi connectivity index (χ0) is 11.5. The Balaban J connectivity index is 2.23. The molecule has 1 heterocycles. The Morgan fingerprint density at radius 3 is 2.62 bits per heavy atom. The van der Waals surface area contributed by atoms with E-state index >= 15 is 0 Å². The Labute approximate surface area is 93.5 Å². The lowest BCUT2D eigenvalue weighted by Gasteiger charge is -2.30. The number of carbonyl (C=O) groups is 2. The Kier molecular flexibility index (Phi) is 2.90. The van der Waals surface area contributed by atoms with Crippen LogP contribution in [0.25, 0.3) is 0 Å². The van der Waals surface area contributed by atoms with E-state index in [1.807, 2.05) is 30.3 Å². The molecule has 1 aliphatic heterocycles. The Bertz CT molecular complexity index is 402. The van der Waals surface area contributed by atoms with Crippen LogP contribution in [-0.2, 0) is 9.59 Å². The summed E-state index contributed by atoms with van der Waals surface area (Å²) in [5.41, 5.74) is 0.776. The smallest absolute Gasteiger partial charge is 0.316 e. The molecular weight excluding hydrogens is 206 g/mol. The van der Waals surface area contributed by atoms with Gasteiger partial charge in [0.1, 0.15) is 5.92 Å². The van der Waals surface area contributed by atoms with Crippen molar-refractivity contribution in [1.29, 1.82) is 0 Å². The van der Waals surface area contributed by atoms with Crippen LogP contribution >= 0.6 is 0 Å². The van der Waals surface area contributed by atoms with Gasteiger partial charge in [-0.3, -0.25) is 9.59 Å². The molecule has 1 amide bonds. The average molecular weight is 219 g/mol. The monoisotopic (exact) mass is 219 g/mol. The number of carboxylic acids is 1. The molecule has 1 aromatic rings. The molecule has 1 atom stereocenters. The second-order valence-electron chi connectivity index (χ2n) is 3.86. The summed E-state index contributed by atoms with van der Waals surface area (Å²) in [6.45, 7) is 0.604. The SMILES string of the molecule is O=C(O)[C@@H]1CCCN(c2ccccc2)C1=O. The van der Waals surface area contributed by atoms with Crippen molar-refractivity contribution in [3.05, 3.63) is 30.3 Å². The van der Waals surface area contributed by atoms with Gasteiger partial charge in [-0.05, 0) is 25.0 Å². The predicted molar refractivity (Wildman–Crippen MR) is 59.2 cm³/mol. The van der Waals surface area contributed by atoms with Crippen molar-refractivity contribution in [2.24, 2.45) is 5.92 Å². The van der Waals surface area contributed by atoms with Crippen LogP contribution in [0.3, 0.4) is 0 Å². The lowest BCUT2D eigenvalue weighted by Crippen LogP contribution is -2.44. The number of benzene rings is 1. The molecule has 16 heavy (non-hydrogen) atoms. The van der Waals surface area contributed by atoms with E-state index in [-0.39, 0.29) is 5.91 Å². The fourth-order valence-corrected chi connectivity index (χ4v) is 1.97. The third-order valence-electron chi connectivity index (χ3n) is 2.80. The summed E-state index contributed by atoms with van der Waals surface area (Å²) < 4.78 is 0. The van der Waals surface area contributed by atoms with Crippen LogP contribution in [0, 0.1) is 5.92 Å². The number of piperidine rings is 1. The largest absolute Gasteiger partial charge is 0.481 e. The highest BCUT2D eigenvalue weighted by atomic mass is 16.4. The summed E-state index contributed by atoms with van der Waals surface area (Å²) in [4.78, 5) is 24.4. The highest BCUT2D eigenvalue weighted by Crippen LogP contribution is 2.24. The molecule has 0 saturated carbocycles. The van der Waals surface area contributed by atoms with E-state index in [1.54, 1.807) is 4.90 Å². The van der Waals surface area contributed by atoms with Crippen LogP contribution in [0.2, 0.25) is 0 Å². The first-order chi connectivity index (χ1) is 7.70. The summed E-state index contributed by atoms with van der Waals surface area (Å²) >= 11 is 0. The van der Waals surface area contributed by atoms with E-state index in [0.29, 0.717) is 13.0 Å². The molecule has 0 bridgehead atoms. The number of hydrogen-bond donors (Lipinski definition) is 1. The lowest BCUT2D eigenvalue weighted by molar-refractivity contribution is -0.147. The maximum Gasteiger partial charge on any atom is 0.316 e. The molecule has 0 aromatic heterocycles. The van der Waals surface area contributed by atoms with Crippen LogP contribution in [-0.4, -0.2) is 23.5 Å². The van der Waals surface area contributed by atoms with Gasteiger partial charge >= 0.3 is 5.97 Å². The highest BCUT2D eigenvalue weighted by molar-refractivity contribution is 6.06. The average Bonchev–Trinajstić information content (AvgIpc) is 2.30. The third-order valence-corrected chi connectivity index (χ3v) is 2.80. The topological polar surface area (TPSA) is 57.6 Å². The lowest BCUT2D eigenvalue weighted by atomic mass is 9.97. The van der Waals surface area contributed by atoms with Gasteiger partial charge in [-0.15, -0.1) is 0 Å². The molecule has 0 aliphatic carbocycles. The zero-order valence-electron chi connectivity index (χ0n) is 8.80. The molecule has 1 aromatic carbocycles. The van der Waals surface area contributed by atoms with Crippen LogP contribution in [0.1, 0.15) is 12.8 Å². The maximum absolute atomic E-state index is 11.9. The summed E-state index contributed by atoms with van der Waals surface area (Å²) in [7, 11) is 0. The Morgan fingerprint density at radius 1 is 1.31 bits per heavy atom. The van der Waals surface area contributed by atoms with E-state index in [0.717, 1.165) is 12.1 Å². The third kappa shape index (κ3) is 1.91. The number of para-hydroxylation sites is 1. The number of amides is 1. The van der Waals surface area contributed by atoms with Crippen LogP contribution in [0.15, 0.2) is 30.3 Å². The molecule has 1 aliphatic rings. The predicted octanol–water partition coefficient (Wildman–Crippen LogP) is 1.51. The zero-order valence-corrected chi connectivity index (χ0v) is 8.80.